The molecule has 0 radical (unpaired) electrons. The number of piperidine rings is 1. The van der Waals surface area contributed by atoms with Crippen LogP contribution in [0.25, 0.3) is 0 Å². The van der Waals surface area contributed by atoms with Crippen molar-refractivity contribution < 1.29 is 19.4 Å². The van der Waals surface area contributed by atoms with Gasteiger partial charge in [0.25, 0.3) is 0 Å². The fourth-order valence-electron chi connectivity index (χ4n) is 4.34. The molecule has 2 aliphatic heterocycles. The van der Waals surface area contributed by atoms with Gasteiger partial charge in [-0.3, -0.25) is 9.69 Å². The van der Waals surface area contributed by atoms with E-state index in [0.29, 0.717) is 32.5 Å². The maximum absolute atomic E-state index is 12.3. The van der Waals surface area contributed by atoms with E-state index in [1.807, 2.05) is 39.0 Å². The fraction of sp³-hybridized carbons (Fsp3) is 0.619. The molecule has 1 amide bonds. The standard InChI is InChI=1S/C21H30N2O4/c1-20(2,3)27-19(26)23-11-9-21(10-12-23)15-22(14-17(21)18(24)25)13-16-7-5-4-6-8-16/h4-8,17H,9-15H2,1-3H3,(H,24,25)/t17-/m1/s1. The van der Waals surface area contributed by atoms with Gasteiger partial charge in [0.1, 0.15) is 5.60 Å². The lowest BCUT2D eigenvalue weighted by Crippen LogP contribution is -2.49. The SMILES string of the molecule is CC(C)(C)OC(=O)N1CCC2(CC1)CN(Cc1ccccc1)C[C@@H]2C(=O)O. The second kappa shape index (κ2) is 7.50. The topological polar surface area (TPSA) is 70.1 Å². The summed E-state index contributed by atoms with van der Waals surface area (Å²) in [5.41, 5.74) is 0.416. The summed E-state index contributed by atoms with van der Waals surface area (Å²) in [6.45, 7) is 8.77. The molecular formula is C21H30N2O4. The van der Waals surface area contributed by atoms with Crippen molar-refractivity contribution in [1.82, 2.24) is 9.80 Å². The Labute approximate surface area is 161 Å². The van der Waals surface area contributed by atoms with E-state index in [4.69, 9.17) is 4.74 Å². The lowest BCUT2D eigenvalue weighted by Gasteiger charge is -2.41. The first-order valence-corrected chi connectivity index (χ1v) is 9.66. The lowest BCUT2D eigenvalue weighted by atomic mass is 9.71. The maximum Gasteiger partial charge on any atom is 0.410 e. The largest absolute Gasteiger partial charge is 0.481 e. The second-order valence-corrected chi connectivity index (χ2v) is 8.88. The molecule has 0 saturated carbocycles. The maximum atomic E-state index is 12.3. The van der Waals surface area contributed by atoms with Crippen LogP contribution in [0, 0.1) is 11.3 Å². The molecule has 2 fully saturated rings. The molecule has 1 N–H and O–H groups in total. The average Bonchev–Trinajstić information content (AvgIpc) is 2.93. The van der Waals surface area contributed by atoms with Crippen LogP contribution in [0.15, 0.2) is 30.3 Å². The van der Waals surface area contributed by atoms with E-state index in [1.54, 1.807) is 4.90 Å². The highest BCUT2D eigenvalue weighted by molar-refractivity contribution is 5.72. The Kier molecular flexibility index (Phi) is 5.47. The van der Waals surface area contributed by atoms with Gasteiger partial charge in [-0.15, -0.1) is 0 Å². The van der Waals surface area contributed by atoms with E-state index in [2.05, 4.69) is 17.0 Å². The van der Waals surface area contributed by atoms with Crippen molar-refractivity contribution in [3.8, 4) is 0 Å². The average molecular weight is 374 g/mol. The summed E-state index contributed by atoms with van der Waals surface area (Å²) in [6.07, 6.45) is 1.10. The molecule has 1 spiro atoms. The third kappa shape index (κ3) is 4.61. The predicted molar refractivity (Wildman–Crippen MR) is 102 cm³/mol. The minimum absolute atomic E-state index is 0.265. The highest BCUT2D eigenvalue weighted by Gasteiger charge is 2.51. The Bertz CT molecular complexity index is 675. The molecule has 0 unspecified atom stereocenters. The predicted octanol–water partition coefficient (Wildman–Crippen LogP) is 3.22. The first kappa shape index (κ1) is 19.7. The summed E-state index contributed by atoms with van der Waals surface area (Å²) >= 11 is 0. The number of ether oxygens (including phenoxy) is 1. The molecule has 6 nitrogen and oxygen atoms in total. The summed E-state index contributed by atoms with van der Waals surface area (Å²) in [7, 11) is 0. The van der Waals surface area contributed by atoms with E-state index in [9.17, 15) is 14.7 Å². The molecule has 148 valence electrons. The molecular weight excluding hydrogens is 344 g/mol. The smallest absolute Gasteiger partial charge is 0.410 e. The molecule has 0 aromatic heterocycles. The van der Waals surface area contributed by atoms with Crippen LogP contribution in [0.2, 0.25) is 0 Å². The number of aliphatic carboxylic acids is 1. The molecule has 2 saturated heterocycles. The number of hydrogen-bond donors (Lipinski definition) is 1. The van der Waals surface area contributed by atoms with Crippen molar-refractivity contribution in [2.45, 2.75) is 45.8 Å². The Morgan fingerprint density at radius 1 is 1.19 bits per heavy atom. The quantitative estimate of drug-likeness (QED) is 0.880. The van der Waals surface area contributed by atoms with Crippen molar-refractivity contribution in [3.05, 3.63) is 35.9 Å². The van der Waals surface area contributed by atoms with Gasteiger partial charge < -0.3 is 14.7 Å². The van der Waals surface area contributed by atoms with Crippen molar-refractivity contribution in [1.29, 1.82) is 0 Å². The highest BCUT2D eigenvalue weighted by atomic mass is 16.6. The normalized spacial score (nSPS) is 22.8. The lowest BCUT2D eigenvalue weighted by molar-refractivity contribution is -0.145. The van der Waals surface area contributed by atoms with Gasteiger partial charge in [-0.2, -0.15) is 0 Å². The summed E-state index contributed by atoms with van der Waals surface area (Å²) in [4.78, 5) is 28.2. The Morgan fingerprint density at radius 2 is 1.81 bits per heavy atom. The molecule has 0 aliphatic carbocycles. The number of carboxylic acid groups (broad SMARTS) is 1. The zero-order valence-electron chi connectivity index (χ0n) is 16.5. The van der Waals surface area contributed by atoms with Crippen molar-refractivity contribution in [2.75, 3.05) is 26.2 Å². The van der Waals surface area contributed by atoms with Gasteiger partial charge in [-0.05, 0) is 39.2 Å². The Balaban J connectivity index is 1.65. The minimum atomic E-state index is -0.726. The van der Waals surface area contributed by atoms with E-state index >= 15 is 0 Å². The van der Waals surface area contributed by atoms with Crippen LogP contribution in [0.1, 0.15) is 39.2 Å². The van der Waals surface area contributed by atoms with Crippen molar-refractivity contribution in [2.24, 2.45) is 11.3 Å². The van der Waals surface area contributed by atoms with Crippen LogP contribution in [-0.2, 0) is 16.1 Å². The molecule has 2 heterocycles. The van der Waals surface area contributed by atoms with E-state index < -0.39 is 11.6 Å². The summed E-state index contributed by atoms with van der Waals surface area (Å²) in [5, 5.41) is 9.81. The summed E-state index contributed by atoms with van der Waals surface area (Å²) < 4.78 is 5.46. The van der Waals surface area contributed by atoms with Crippen molar-refractivity contribution in [3.63, 3.8) is 0 Å². The van der Waals surface area contributed by atoms with Crippen LogP contribution in [0.4, 0.5) is 4.79 Å². The number of benzene rings is 1. The zero-order chi connectivity index (χ0) is 19.7. The Hall–Kier alpha value is -2.08. The van der Waals surface area contributed by atoms with Crippen LogP contribution >= 0.6 is 0 Å². The van der Waals surface area contributed by atoms with Gasteiger partial charge in [0.05, 0.1) is 5.92 Å². The van der Waals surface area contributed by atoms with Gasteiger partial charge in [0.15, 0.2) is 0 Å². The first-order chi connectivity index (χ1) is 12.7. The third-order valence-corrected chi connectivity index (χ3v) is 5.68. The number of nitrogens with zero attached hydrogens (tertiary/aromatic N) is 2. The van der Waals surface area contributed by atoms with Crippen LogP contribution in [0.3, 0.4) is 0 Å². The summed E-state index contributed by atoms with van der Waals surface area (Å²) in [5.74, 6) is -1.11. The van der Waals surface area contributed by atoms with Crippen LogP contribution < -0.4 is 0 Å². The number of carboxylic acids is 1. The number of rotatable bonds is 3. The highest BCUT2D eigenvalue weighted by Crippen LogP contribution is 2.45. The van der Waals surface area contributed by atoms with E-state index in [1.165, 1.54) is 5.56 Å². The monoisotopic (exact) mass is 374 g/mol. The van der Waals surface area contributed by atoms with Gasteiger partial charge in [0.2, 0.25) is 0 Å². The van der Waals surface area contributed by atoms with Gasteiger partial charge in [-0.1, -0.05) is 30.3 Å². The van der Waals surface area contributed by atoms with Crippen LogP contribution in [0.5, 0.6) is 0 Å². The zero-order valence-corrected chi connectivity index (χ0v) is 16.5. The van der Waals surface area contributed by atoms with Gasteiger partial charge >= 0.3 is 12.1 Å². The number of amides is 1. The summed E-state index contributed by atoms with van der Waals surface area (Å²) in [6, 6.07) is 10.2. The molecule has 1 atom stereocenters. The molecule has 6 heteroatoms. The third-order valence-electron chi connectivity index (χ3n) is 5.68. The van der Waals surface area contributed by atoms with Gasteiger partial charge in [-0.25, -0.2) is 4.79 Å². The number of carbonyl (C=O) groups excluding carboxylic acids is 1. The molecule has 1 aromatic rings. The fourth-order valence-corrected chi connectivity index (χ4v) is 4.34. The van der Waals surface area contributed by atoms with Gasteiger partial charge in [0, 0.05) is 38.1 Å². The molecule has 1 aromatic carbocycles. The van der Waals surface area contributed by atoms with Crippen LogP contribution in [-0.4, -0.2) is 58.7 Å². The Morgan fingerprint density at radius 3 is 2.37 bits per heavy atom. The molecule has 27 heavy (non-hydrogen) atoms. The second-order valence-electron chi connectivity index (χ2n) is 8.88. The molecule has 2 aliphatic rings. The molecule has 3 rings (SSSR count). The number of likely N-dealkylation sites (tertiary alicyclic amines) is 2. The number of carbonyl (C=O) groups is 2. The number of hydrogen-bond acceptors (Lipinski definition) is 4. The van der Waals surface area contributed by atoms with E-state index in [-0.39, 0.29) is 17.4 Å². The minimum Gasteiger partial charge on any atom is -0.481 e. The van der Waals surface area contributed by atoms with E-state index in [0.717, 1.165) is 13.1 Å². The first-order valence-electron chi connectivity index (χ1n) is 9.66. The van der Waals surface area contributed by atoms with Crippen molar-refractivity contribution >= 4 is 12.1 Å². The molecule has 0 bridgehead atoms.